The zero-order valence-corrected chi connectivity index (χ0v) is 12.6. The summed E-state index contributed by atoms with van der Waals surface area (Å²) in [6.07, 6.45) is 6.86. The van der Waals surface area contributed by atoms with E-state index < -0.39 is 0 Å². The number of rotatable bonds is 2. The van der Waals surface area contributed by atoms with Gasteiger partial charge in [0.05, 0.1) is 17.3 Å². The van der Waals surface area contributed by atoms with Gasteiger partial charge in [0.1, 0.15) is 11.6 Å². The van der Waals surface area contributed by atoms with Crippen molar-refractivity contribution in [2.45, 2.75) is 13.3 Å². The van der Waals surface area contributed by atoms with Crippen molar-refractivity contribution in [2.24, 2.45) is 7.05 Å². The summed E-state index contributed by atoms with van der Waals surface area (Å²) >= 11 is 0. The molecule has 1 aliphatic rings. The maximum absolute atomic E-state index is 4.61. The van der Waals surface area contributed by atoms with E-state index in [9.17, 15) is 0 Å². The molecular weight excluding hydrogens is 278 g/mol. The van der Waals surface area contributed by atoms with Crippen LogP contribution in [0.4, 0.5) is 5.82 Å². The first-order valence-corrected chi connectivity index (χ1v) is 7.32. The largest absolute Gasteiger partial charge is 0.352 e. The lowest BCUT2D eigenvalue weighted by molar-refractivity contribution is 0.741. The van der Waals surface area contributed by atoms with Crippen molar-refractivity contribution in [3.63, 3.8) is 0 Å². The highest BCUT2D eigenvalue weighted by Crippen LogP contribution is 2.27. The zero-order valence-electron chi connectivity index (χ0n) is 12.6. The molecule has 0 aromatic carbocycles. The molecule has 4 rings (SSSR count). The fourth-order valence-corrected chi connectivity index (χ4v) is 2.95. The predicted octanol–water partition coefficient (Wildman–Crippen LogP) is 1.69. The summed E-state index contributed by atoms with van der Waals surface area (Å²) in [5, 5.41) is 12.2. The smallest absolute Gasteiger partial charge is 0.161 e. The molecule has 0 saturated carbocycles. The molecule has 0 fully saturated rings. The lowest BCUT2D eigenvalue weighted by Gasteiger charge is -2.28. The Morgan fingerprint density at radius 1 is 1.27 bits per heavy atom. The molecular formula is C15H17N7. The third kappa shape index (κ3) is 2.05. The van der Waals surface area contributed by atoms with Crippen LogP contribution in [0.2, 0.25) is 0 Å². The Morgan fingerprint density at radius 2 is 2.18 bits per heavy atom. The number of nitrogens with zero attached hydrogens (tertiary/aromatic N) is 6. The fourth-order valence-electron chi connectivity index (χ4n) is 2.95. The van der Waals surface area contributed by atoms with Gasteiger partial charge in [-0.3, -0.25) is 9.78 Å². The van der Waals surface area contributed by atoms with Crippen molar-refractivity contribution < 1.29 is 0 Å². The van der Waals surface area contributed by atoms with Crippen LogP contribution in [-0.2, 0) is 7.05 Å². The summed E-state index contributed by atoms with van der Waals surface area (Å²) in [6, 6.07) is 2.06. The molecule has 0 saturated heterocycles. The lowest BCUT2D eigenvalue weighted by atomic mass is 10.0. The molecule has 4 heterocycles. The van der Waals surface area contributed by atoms with Crippen molar-refractivity contribution in [1.29, 1.82) is 0 Å². The Kier molecular flexibility index (Phi) is 2.92. The van der Waals surface area contributed by atoms with Gasteiger partial charge in [0.25, 0.3) is 0 Å². The molecule has 7 heteroatoms. The van der Waals surface area contributed by atoms with Crippen LogP contribution in [0, 0.1) is 6.92 Å². The molecule has 0 unspecified atom stereocenters. The zero-order chi connectivity index (χ0) is 15.1. The minimum atomic E-state index is 0.758. The van der Waals surface area contributed by atoms with Gasteiger partial charge in [-0.05, 0) is 25.0 Å². The second-order valence-corrected chi connectivity index (χ2v) is 5.49. The summed E-state index contributed by atoms with van der Waals surface area (Å²) in [5.74, 6) is 1.71. The summed E-state index contributed by atoms with van der Waals surface area (Å²) in [5.41, 5.74) is 3.32. The van der Waals surface area contributed by atoms with Crippen LogP contribution in [0.25, 0.3) is 16.6 Å². The maximum atomic E-state index is 4.61. The van der Waals surface area contributed by atoms with Crippen LogP contribution in [0.3, 0.4) is 0 Å². The molecule has 0 bridgehead atoms. The number of H-pyrrole nitrogens is 1. The Balaban J connectivity index is 1.67. The number of fused-ring (bicyclic) bond motifs is 1. The molecule has 0 spiro atoms. The monoisotopic (exact) mass is 295 g/mol. The van der Waals surface area contributed by atoms with E-state index in [0.29, 0.717) is 0 Å². The molecule has 3 aromatic rings. The van der Waals surface area contributed by atoms with Gasteiger partial charge in [0.15, 0.2) is 5.65 Å². The van der Waals surface area contributed by atoms with E-state index in [1.54, 1.807) is 6.20 Å². The van der Waals surface area contributed by atoms with E-state index in [4.69, 9.17) is 0 Å². The van der Waals surface area contributed by atoms with Gasteiger partial charge in [0, 0.05) is 26.3 Å². The van der Waals surface area contributed by atoms with E-state index >= 15 is 0 Å². The van der Waals surface area contributed by atoms with Crippen molar-refractivity contribution in [1.82, 2.24) is 29.9 Å². The second-order valence-electron chi connectivity index (χ2n) is 5.49. The van der Waals surface area contributed by atoms with Gasteiger partial charge in [-0.25, -0.2) is 9.97 Å². The SMILES string of the molecule is Cc1nc(N2CC=C(c3ccnn3C)CC2)c2cn[nH]c2n1. The number of nitrogens with one attached hydrogen (secondary N) is 1. The van der Waals surface area contributed by atoms with Gasteiger partial charge in [-0.1, -0.05) is 6.08 Å². The van der Waals surface area contributed by atoms with Crippen molar-refractivity contribution in [2.75, 3.05) is 18.0 Å². The number of hydrogen-bond donors (Lipinski definition) is 1. The van der Waals surface area contributed by atoms with Gasteiger partial charge in [0.2, 0.25) is 0 Å². The Labute approximate surface area is 127 Å². The molecule has 0 radical (unpaired) electrons. The number of aryl methyl sites for hydroxylation is 2. The van der Waals surface area contributed by atoms with Gasteiger partial charge < -0.3 is 4.90 Å². The molecule has 0 amide bonds. The van der Waals surface area contributed by atoms with E-state index in [1.165, 1.54) is 11.3 Å². The van der Waals surface area contributed by atoms with Gasteiger partial charge >= 0.3 is 0 Å². The van der Waals surface area contributed by atoms with E-state index in [-0.39, 0.29) is 0 Å². The number of hydrogen-bond acceptors (Lipinski definition) is 5. The molecule has 1 N–H and O–H groups in total. The molecule has 7 nitrogen and oxygen atoms in total. The molecule has 22 heavy (non-hydrogen) atoms. The highest BCUT2D eigenvalue weighted by Gasteiger charge is 2.19. The topological polar surface area (TPSA) is 75.5 Å². The van der Waals surface area contributed by atoms with Crippen molar-refractivity contribution in [3.05, 3.63) is 36.1 Å². The number of aromatic amines is 1. The summed E-state index contributed by atoms with van der Waals surface area (Å²) in [6.45, 7) is 3.66. The first-order valence-electron chi connectivity index (χ1n) is 7.32. The van der Waals surface area contributed by atoms with Crippen LogP contribution >= 0.6 is 0 Å². The standard InChI is InChI=1S/C15H17N7/c1-10-18-14-12(9-16-20-14)15(19-10)22-7-4-11(5-8-22)13-3-6-17-21(13)2/h3-4,6,9H,5,7-8H2,1-2H3,(H,16,18,19,20). The van der Waals surface area contributed by atoms with Crippen LogP contribution < -0.4 is 4.90 Å². The Morgan fingerprint density at radius 3 is 2.91 bits per heavy atom. The predicted molar refractivity (Wildman–Crippen MR) is 84.4 cm³/mol. The van der Waals surface area contributed by atoms with Crippen LogP contribution in [-0.4, -0.2) is 43.0 Å². The number of aromatic nitrogens is 6. The van der Waals surface area contributed by atoms with Gasteiger partial charge in [-0.2, -0.15) is 10.2 Å². The first kappa shape index (κ1) is 13.0. The third-order valence-electron chi connectivity index (χ3n) is 4.06. The van der Waals surface area contributed by atoms with Crippen LogP contribution in [0.5, 0.6) is 0 Å². The average molecular weight is 295 g/mol. The van der Waals surface area contributed by atoms with E-state index in [0.717, 1.165) is 42.2 Å². The van der Waals surface area contributed by atoms with Crippen molar-refractivity contribution >= 4 is 22.4 Å². The lowest BCUT2D eigenvalue weighted by Crippen LogP contribution is -2.29. The maximum Gasteiger partial charge on any atom is 0.161 e. The minimum absolute atomic E-state index is 0.758. The van der Waals surface area contributed by atoms with Crippen molar-refractivity contribution in [3.8, 4) is 0 Å². The van der Waals surface area contributed by atoms with E-state index in [2.05, 4.69) is 42.3 Å². The minimum Gasteiger partial charge on any atom is -0.352 e. The molecule has 112 valence electrons. The summed E-state index contributed by atoms with van der Waals surface area (Å²) in [7, 11) is 1.98. The van der Waals surface area contributed by atoms with E-state index in [1.807, 2.05) is 24.9 Å². The quantitative estimate of drug-likeness (QED) is 0.778. The van der Waals surface area contributed by atoms with Crippen LogP contribution in [0.1, 0.15) is 17.9 Å². The van der Waals surface area contributed by atoms with Gasteiger partial charge in [-0.15, -0.1) is 0 Å². The third-order valence-corrected chi connectivity index (χ3v) is 4.06. The Hall–Kier alpha value is -2.70. The highest BCUT2D eigenvalue weighted by atomic mass is 15.3. The molecule has 0 atom stereocenters. The Bertz CT molecular complexity index is 858. The average Bonchev–Trinajstić information content (AvgIpc) is 3.15. The highest BCUT2D eigenvalue weighted by molar-refractivity contribution is 5.87. The fraction of sp³-hybridized carbons (Fsp3) is 0.333. The normalized spacial score (nSPS) is 15.4. The summed E-state index contributed by atoms with van der Waals surface area (Å²) < 4.78 is 1.92. The van der Waals surface area contributed by atoms with Crippen LogP contribution in [0.15, 0.2) is 24.5 Å². The second kappa shape index (κ2) is 4.94. The first-order chi connectivity index (χ1) is 10.7. The molecule has 0 aliphatic carbocycles. The number of anilines is 1. The molecule has 3 aromatic heterocycles. The summed E-state index contributed by atoms with van der Waals surface area (Å²) in [4.78, 5) is 11.3. The molecule has 1 aliphatic heterocycles.